The van der Waals surface area contributed by atoms with Crippen molar-refractivity contribution < 1.29 is 0 Å². The second-order valence-electron chi connectivity index (χ2n) is 4.65. The highest BCUT2D eigenvalue weighted by Crippen LogP contribution is 2.11. The van der Waals surface area contributed by atoms with Crippen LogP contribution in [-0.4, -0.2) is 9.55 Å². The highest BCUT2D eigenvalue weighted by atomic mass is 16.1. The molecule has 3 nitrogen and oxygen atoms in total. The maximum atomic E-state index is 11.8. The summed E-state index contributed by atoms with van der Waals surface area (Å²) in [5, 5.41) is 2.04. The number of rotatable bonds is 0. The normalized spacial score (nSPS) is 18.4. The summed E-state index contributed by atoms with van der Waals surface area (Å²) in [6.45, 7) is 2.16. The molecule has 0 fully saturated rings. The number of nitrogens with zero attached hydrogens (tertiary/aromatic N) is 2. The average molecular weight is 226 g/mol. The average Bonchev–Trinajstić information content (AvgIpc) is 2.30. The van der Waals surface area contributed by atoms with Crippen molar-refractivity contribution in [1.29, 1.82) is 0 Å². The Balaban J connectivity index is 2.55. The second kappa shape index (κ2) is 3.55. The van der Waals surface area contributed by atoms with Crippen LogP contribution in [0.2, 0.25) is 0 Å². The minimum atomic E-state index is -0.00692. The lowest BCUT2D eigenvalue weighted by Crippen LogP contribution is -2.41. The number of aromatic nitrogens is 2. The number of fused-ring (bicyclic) bond motifs is 2. The predicted molar refractivity (Wildman–Crippen MR) is 68.1 cm³/mol. The molecule has 0 amide bonds. The predicted octanol–water partition coefficient (Wildman–Crippen LogP) is 0.486. The van der Waals surface area contributed by atoms with Gasteiger partial charge in [-0.25, -0.2) is 4.98 Å². The van der Waals surface area contributed by atoms with E-state index < -0.39 is 0 Å². The molecule has 1 heterocycles. The summed E-state index contributed by atoms with van der Waals surface area (Å²) >= 11 is 0. The van der Waals surface area contributed by atoms with Crippen molar-refractivity contribution in [3.05, 3.63) is 39.1 Å². The first kappa shape index (κ1) is 10.3. The molecular formula is C14H14N2O. The van der Waals surface area contributed by atoms with Crippen LogP contribution in [-0.2, 0) is 7.05 Å². The Morgan fingerprint density at radius 1 is 1.41 bits per heavy atom. The molecule has 0 saturated carbocycles. The first-order valence-corrected chi connectivity index (χ1v) is 5.84. The van der Waals surface area contributed by atoms with Gasteiger partial charge >= 0.3 is 0 Å². The van der Waals surface area contributed by atoms with Crippen LogP contribution in [0.15, 0.2) is 23.0 Å². The maximum Gasteiger partial charge on any atom is 0.206 e. The molecule has 0 saturated heterocycles. The van der Waals surface area contributed by atoms with Crippen LogP contribution in [0.1, 0.15) is 13.3 Å². The van der Waals surface area contributed by atoms with Gasteiger partial charge in [-0.1, -0.05) is 25.1 Å². The lowest BCUT2D eigenvalue weighted by atomic mass is 10.0. The van der Waals surface area contributed by atoms with E-state index in [1.807, 2.05) is 13.1 Å². The fourth-order valence-electron chi connectivity index (χ4n) is 2.37. The Hall–Kier alpha value is -1.90. The summed E-state index contributed by atoms with van der Waals surface area (Å²) in [6, 6.07) is 5.29. The van der Waals surface area contributed by atoms with Gasteiger partial charge in [-0.3, -0.25) is 4.79 Å². The van der Waals surface area contributed by atoms with E-state index in [1.165, 1.54) is 0 Å². The molecule has 86 valence electrons. The van der Waals surface area contributed by atoms with E-state index >= 15 is 0 Å². The van der Waals surface area contributed by atoms with Crippen LogP contribution >= 0.6 is 0 Å². The molecule has 17 heavy (non-hydrogen) atoms. The Kier molecular flexibility index (Phi) is 2.15. The molecule has 0 aromatic carbocycles. The zero-order chi connectivity index (χ0) is 12.0. The maximum absolute atomic E-state index is 11.8. The summed E-state index contributed by atoms with van der Waals surface area (Å²) in [4.78, 5) is 16.3. The van der Waals surface area contributed by atoms with Gasteiger partial charge in [0.15, 0.2) is 0 Å². The second-order valence-corrected chi connectivity index (χ2v) is 4.65. The Morgan fingerprint density at radius 2 is 2.24 bits per heavy atom. The SMILES string of the molecule is CC1C=c2nc3c(=O)cccc-3n(C)c2=CC1. The minimum absolute atomic E-state index is 0.00692. The van der Waals surface area contributed by atoms with Gasteiger partial charge in [0.2, 0.25) is 5.43 Å². The van der Waals surface area contributed by atoms with Gasteiger partial charge in [0.05, 0.1) is 16.4 Å². The van der Waals surface area contributed by atoms with Crippen molar-refractivity contribution in [2.24, 2.45) is 13.0 Å². The van der Waals surface area contributed by atoms with Gasteiger partial charge < -0.3 is 4.57 Å². The van der Waals surface area contributed by atoms with Gasteiger partial charge in [-0.05, 0) is 24.5 Å². The van der Waals surface area contributed by atoms with Gasteiger partial charge in [0.1, 0.15) is 5.69 Å². The van der Waals surface area contributed by atoms with Gasteiger partial charge in [-0.2, -0.15) is 0 Å². The summed E-state index contributed by atoms with van der Waals surface area (Å²) in [7, 11) is 1.99. The zero-order valence-electron chi connectivity index (χ0n) is 9.97. The van der Waals surface area contributed by atoms with E-state index in [2.05, 4.69) is 28.6 Å². The fraction of sp³-hybridized carbons (Fsp3) is 0.286. The third-order valence-electron chi connectivity index (χ3n) is 3.32. The van der Waals surface area contributed by atoms with Crippen molar-refractivity contribution in [3.8, 4) is 11.4 Å². The van der Waals surface area contributed by atoms with E-state index in [0.717, 1.165) is 22.8 Å². The summed E-state index contributed by atoms with van der Waals surface area (Å²) in [5.41, 5.74) is 1.45. The molecule has 0 spiro atoms. The standard InChI is InChI=1S/C14H14N2O/c1-9-6-7-11-10(8-9)15-14-12(16(11)2)4-3-5-13(14)17/h3-5,7-9H,6H2,1-2H3. The van der Waals surface area contributed by atoms with E-state index in [-0.39, 0.29) is 5.43 Å². The lowest BCUT2D eigenvalue weighted by molar-refractivity contribution is 0.758. The van der Waals surface area contributed by atoms with Crippen LogP contribution in [0.3, 0.4) is 0 Å². The van der Waals surface area contributed by atoms with Crippen molar-refractivity contribution in [2.75, 3.05) is 0 Å². The molecule has 3 aliphatic rings. The molecular weight excluding hydrogens is 212 g/mol. The van der Waals surface area contributed by atoms with E-state index in [1.54, 1.807) is 12.1 Å². The third kappa shape index (κ3) is 1.50. The van der Waals surface area contributed by atoms with Crippen LogP contribution < -0.4 is 16.1 Å². The molecule has 1 atom stereocenters. The smallest absolute Gasteiger partial charge is 0.206 e. The largest absolute Gasteiger partial charge is 0.341 e. The van der Waals surface area contributed by atoms with Crippen molar-refractivity contribution in [2.45, 2.75) is 13.3 Å². The lowest BCUT2D eigenvalue weighted by Gasteiger charge is -2.15. The topological polar surface area (TPSA) is 34.9 Å². The molecule has 3 rings (SSSR count). The van der Waals surface area contributed by atoms with Crippen LogP contribution in [0.4, 0.5) is 0 Å². The quantitative estimate of drug-likeness (QED) is 0.655. The van der Waals surface area contributed by atoms with Crippen molar-refractivity contribution in [3.63, 3.8) is 0 Å². The molecule has 0 aromatic heterocycles. The molecule has 1 aliphatic heterocycles. The summed E-state index contributed by atoms with van der Waals surface area (Å²) in [5.74, 6) is 0.492. The molecule has 0 aromatic rings. The Morgan fingerprint density at radius 3 is 3.06 bits per heavy atom. The van der Waals surface area contributed by atoms with Crippen molar-refractivity contribution in [1.82, 2.24) is 9.55 Å². The van der Waals surface area contributed by atoms with E-state index in [0.29, 0.717) is 11.6 Å². The van der Waals surface area contributed by atoms with Gasteiger partial charge in [0, 0.05) is 7.05 Å². The molecule has 3 heteroatoms. The molecule has 0 bridgehead atoms. The zero-order valence-corrected chi connectivity index (χ0v) is 9.97. The first-order chi connectivity index (χ1) is 8.16. The van der Waals surface area contributed by atoms with Crippen LogP contribution in [0.5, 0.6) is 0 Å². The van der Waals surface area contributed by atoms with Gasteiger partial charge in [-0.15, -0.1) is 0 Å². The number of hydrogen-bond acceptors (Lipinski definition) is 2. The van der Waals surface area contributed by atoms with E-state index in [9.17, 15) is 4.79 Å². The Bertz CT molecular complexity index is 727. The summed E-state index contributed by atoms with van der Waals surface area (Å²) < 4.78 is 2.06. The molecule has 2 aliphatic carbocycles. The van der Waals surface area contributed by atoms with Crippen molar-refractivity contribution >= 4 is 12.2 Å². The minimum Gasteiger partial charge on any atom is -0.341 e. The summed E-state index contributed by atoms with van der Waals surface area (Å²) in [6.07, 6.45) is 5.37. The third-order valence-corrected chi connectivity index (χ3v) is 3.32. The van der Waals surface area contributed by atoms with Crippen LogP contribution in [0, 0.1) is 5.92 Å². The number of benzene rings is 1. The first-order valence-electron chi connectivity index (χ1n) is 5.84. The highest BCUT2D eigenvalue weighted by molar-refractivity contribution is 5.57. The molecule has 1 unspecified atom stereocenters. The number of para-hydroxylation sites is 1. The molecule has 0 N–H and O–H groups in total. The van der Waals surface area contributed by atoms with E-state index in [4.69, 9.17) is 0 Å². The molecule has 0 radical (unpaired) electrons. The van der Waals surface area contributed by atoms with Gasteiger partial charge in [0.25, 0.3) is 0 Å². The Labute approximate surface area is 99.1 Å². The van der Waals surface area contributed by atoms with Crippen LogP contribution in [0.25, 0.3) is 23.5 Å². The fourth-order valence-corrected chi connectivity index (χ4v) is 2.37. The number of hydrogen-bond donors (Lipinski definition) is 0. The monoisotopic (exact) mass is 226 g/mol. The highest BCUT2D eigenvalue weighted by Gasteiger charge is 2.13.